The van der Waals surface area contributed by atoms with E-state index in [1.807, 2.05) is 6.92 Å². The monoisotopic (exact) mass is 288 g/mol. The lowest BCUT2D eigenvalue weighted by molar-refractivity contribution is -0.123. The summed E-state index contributed by atoms with van der Waals surface area (Å²) in [6, 6.07) is 8.77. The van der Waals surface area contributed by atoms with Gasteiger partial charge in [0.15, 0.2) is 0 Å². The molecule has 3 heteroatoms. The van der Waals surface area contributed by atoms with Gasteiger partial charge in [-0.2, -0.15) is 0 Å². The number of hydrogen-bond donors (Lipinski definition) is 2. The second kappa shape index (κ2) is 8.18. The zero-order valence-electron chi connectivity index (χ0n) is 13.3. The van der Waals surface area contributed by atoms with Crippen LogP contribution >= 0.6 is 0 Å². The van der Waals surface area contributed by atoms with Crippen LogP contribution in [0.5, 0.6) is 0 Å². The van der Waals surface area contributed by atoms with Crippen LogP contribution in [0.4, 0.5) is 0 Å². The number of benzene rings is 1. The van der Waals surface area contributed by atoms with Gasteiger partial charge in [0.25, 0.3) is 0 Å². The van der Waals surface area contributed by atoms with Crippen LogP contribution in [-0.2, 0) is 11.2 Å². The van der Waals surface area contributed by atoms with Crippen molar-refractivity contribution in [3.8, 4) is 0 Å². The van der Waals surface area contributed by atoms with Crippen LogP contribution in [0, 0.1) is 0 Å². The molecule has 1 aromatic rings. The van der Waals surface area contributed by atoms with Crippen LogP contribution in [0.2, 0.25) is 0 Å². The van der Waals surface area contributed by atoms with Crippen molar-refractivity contribution in [2.75, 3.05) is 6.54 Å². The number of fused-ring (bicyclic) bond motifs is 1. The number of aryl methyl sites for hydroxylation is 1. The summed E-state index contributed by atoms with van der Waals surface area (Å²) in [5.74, 6) is 0.120. The van der Waals surface area contributed by atoms with Crippen molar-refractivity contribution in [2.45, 2.75) is 64.5 Å². The lowest BCUT2D eigenvalue weighted by Crippen LogP contribution is -2.44. The van der Waals surface area contributed by atoms with Gasteiger partial charge in [0, 0.05) is 12.6 Å². The van der Waals surface area contributed by atoms with E-state index in [1.165, 1.54) is 30.4 Å². The molecule has 0 bridgehead atoms. The maximum atomic E-state index is 12.1. The molecule has 0 saturated heterocycles. The normalized spacial score (nSPS) is 18.9. The molecule has 1 aliphatic rings. The Morgan fingerprint density at radius 1 is 1.33 bits per heavy atom. The van der Waals surface area contributed by atoms with E-state index >= 15 is 0 Å². The molecule has 3 nitrogen and oxygen atoms in total. The van der Waals surface area contributed by atoms with Gasteiger partial charge in [0.2, 0.25) is 5.91 Å². The maximum absolute atomic E-state index is 12.1. The number of amides is 1. The molecule has 0 spiro atoms. The topological polar surface area (TPSA) is 41.1 Å². The first-order valence-electron chi connectivity index (χ1n) is 8.34. The first-order valence-corrected chi connectivity index (χ1v) is 8.34. The van der Waals surface area contributed by atoms with Gasteiger partial charge in [-0.15, -0.1) is 0 Å². The summed E-state index contributed by atoms with van der Waals surface area (Å²) in [5, 5.41) is 6.53. The Morgan fingerprint density at radius 3 is 2.95 bits per heavy atom. The van der Waals surface area contributed by atoms with Crippen LogP contribution in [0.15, 0.2) is 24.3 Å². The van der Waals surface area contributed by atoms with E-state index in [0.717, 1.165) is 25.8 Å². The predicted molar refractivity (Wildman–Crippen MR) is 87.3 cm³/mol. The summed E-state index contributed by atoms with van der Waals surface area (Å²) < 4.78 is 0. The van der Waals surface area contributed by atoms with E-state index in [1.54, 1.807) is 0 Å². The van der Waals surface area contributed by atoms with E-state index in [-0.39, 0.29) is 11.9 Å². The van der Waals surface area contributed by atoms with Gasteiger partial charge in [-0.3, -0.25) is 10.1 Å². The van der Waals surface area contributed by atoms with E-state index in [4.69, 9.17) is 0 Å². The summed E-state index contributed by atoms with van der Waals surface area (Å²) in [7, 11) is 0. The van der Waals surface area contributed by atoms with Crippen molar-refractivity contribution in [3.63, 3.8) is 0 Å². The summed E-state index contributed by atoms with van der Waals surface area (Å²) in [4.78, 5) is 12.1. The summed E-state index contributed by atoms with van der Waals surface area (Å²) in [6.07, 6.45) is 6.90. The Balaban J connectivity index is 1.85. The van der Waals surface area contributed by atoms with Crippen LogP contribution in [0.3, 0.4) is 0 Å². The largest absolute Gasteiger partial charge is 0.355 e. The number of nitrogens with one attached hydrogen (secondary N) is 2. The SMILES string of the molecule is CCCCCNC(=O)C(C)NC1CCCc2ccccc21. The molecule has 116 valence electrons. The molecular formula is C18H28N2O. The molecule has 0 aliphatic heterocycles. The lowest BCUT2D eigenvalue weighted by atomic mass is 9.87. The molecule has 2 atom stereocenters. The quantitative estimate of drug-likeness (QED) is 0.755. The van der Waals surface area contributed by atoms with Crippen LogP contribution in [0.25, 0.3) is 0 Å². The predicted octanol–water partition coefficient (Wildman–Crippen LogP) is 3.35. The van der Waals surface area contributed by atoms with Crippen LogP contribution in [0.1, 0.15) is 63.1 Å². The van der Waals surface area contributed by atoms with E-state index in [9.17, 15) is 4.79 Å². The zero-order valence-corrected chi connectivity index (χ0v) is 13.3. The number of rotatable bonds is 7. The maximum Gasteiger partial charge on any atom is 0.236 e. The van der Waals surface area contributed by atoms with E-state index in [0.29, 0.717) is 6.04 Å². The minimum absolute atomic E-state index is 0.120. The van der Waals surface area contributed by atoms with Crippen molar-refractivity contribution in [3.05, 3.63) is 35.4 Å². The highest BCUT2D eigenvalue weighted by atomic mass is 16.2. The molecule has 1 amide bonds. The average molecular weight is 288 g/mol. The molecule has 0 saturated carbocycles. The highest BCUT2D eigenvalue weighted by Gasteiger charge is 2.23. The Bertz CT molecular complexity index is 458. The van der Waals surface area contributed by atoms with Crippen LogP contribution < -0.4 is 10.6 Å². The van der Waals surface area contributed by atoms with Crippen molar-refractivity contribution >= 4 is 5.91 Å². The molecule has 0 heterocycles. The second-order valence-corrected chi connectivity index (χ2v) is 6.03. The van der Waals surface area contributed by atoms with Crippen molar-refractivity contribution in [1.82, 2.24) is 10.6 Å². The number of unbranched alkanes of at least 4 members (excludes halogenated alkanes) is 2. The third kappa shape index (κ3) is 4.57. The molecule has 2 N–H and O–H groups in total. The minimum atomic E-state index is -0.136. The Hall–Kier alpha value is -1.35. The van der Waals surface area contributed by atoms with Gasteiger partial charge in [-0.25, -0.2) is 0 Å². The van der Waals surface area contributed by atoms with Crippen molar-refractivity contribution in [1.29, 1.82) is 0 Å². The molecular weight excluding hydrogens is 260 g/mol. The van der Waals surface area contributed by atoms with E-state index < -0.39 is 0 Å². The third-order valence-electron chi connectivity index (χ3n) is 4.29. The number of carbonyl (C=O) groups is 1. The van der Waals surface area contributed by atoms with E-state index in [2.05, 4.69) is 41.8 Å². The third-order valence-corrected chi connectivity index (χ3v) is 4.29. The summed E-state index contributed by atoms with van der Waals surface area (Å²) >= 11 is 0. The Labute approximate surface area is 128 Å². The van der Waals surface area contributed by atoms with Gasteiger partial charge >= 0.3 is 0 Å². The first-order chi connectivity index (χ1) is 10.2. The first kappa shape index (κ1) is 16.0. The fraction of sp³-hybridized carbons (Fsp3) is 0.611. The molecule has 0 aromatic heterocycles. The molecule has 1 aromatic carbocycles. The van der Waals surface area contributed by atoms with Crippen LogP contribution in [-0.4, -0.2) is 18.5 Å². The molecule has 0 radical (unpaired) electrons. The van der Waals surface area contributed by atoms with Gasteiger partial charge in [-0.1, -0.05) is 44.0 Å². The van der Waals surface area contributed by atoms with Crippen molar-refractivity contribution in [2.24, 2.45) is 0 Å². The highest BCUT2D eigenvalue weighted by molar-refractivity contribution is 5.81. The molecule has 21 heavy (non-hydrogen) atoms. The fourth-order valence-electron chi connectivity index (χ4n) is 3.04. The Morgan fingerprint density at radius 2 is 2.14 bits per heavy atom. The van der Waals surface area contributed by atoms with Gasteiger partial charge < -0.3 is 5.32 Å². The van der Waals surface area contributed by atoms with Crippen molar-refractivity contribution < 1.29 is 4.79 Å². The standard InChI is InChI=1S/C18H28N2O/c1-3-4-7-13-19-18(21)14(2)20-17-12-8-10-15-9-5-6-11-16(15)17/h5-6,9,11,14,17,20H,3-4,7-8,10,12-13H2,1-2H3,(H,19,21). The van der Waals surface area contributed by atoms with Gasteiger partial charge in [0.1, 0.15) is 0 Å². The van der Waals surface area contributed by atoms with Gasteiger partial charge in [-0.05, 0) is 43.7 Å². The minimum Gasteiger partial charge on any atom is -0.355 e. The number of hydrogen-bond acceptors (Lipinski definition) is 2. The molecule has 1 aliphatic carbocycles. The molecule has 0 fully saturated rings. The van der Waals surface area contributed by atoms with Gasteiger partial charge in [0.05, 0.1) is 6.04 Å². The molecule has 2 rings (SSSR count). The average Bonchev–Trinajstić information content (AvgIpc) is 2.51. The summed E-state index contributed by atoms with van der Waals surface area (Å²) in [6.45, 7) is 4.93. The number of carbonyl (C=O) groups excluding carboxylic acids is 1. The summed E-state index contributed by atoms with van der Waals surface area (Å²) in [5.41, 5.74) is 2.80. The lowest BCUT2D eigenvalue weighted by Gasteiger charge is -2.28. The Kier molecular flexibility index (Phi) is 6.24. The highest BCUT2D eigenvalue weighted by Crippen LogP contribution is 2.29. The smallest absolute Gasteiger partial charge is 0.236 e. The zero-order chi connectivity index (χ0) is 15.1. The second-order valence-electron chi connectivity index (χ2n) is 6.03. The molecule has 2 unspecified atom stereocenters. The fourth-order valence-corrected chi connectivity index (χ4v) is 3.04.